The number of hydrogen-bond acceptors (Lipinski definition) is 5. The fraction of sp³-hybridized carbons (Fsp3) is 0.524. The van der Waals surface area contributed by atoms with Crippen LogP contribution < -0.4 is 10.2 Å². The van der Waals surface area contributed by atoms with Gasteiger partial charge in [0, 0.05) is 43.8 Å². The van der Waals surface area contributed by atoms with Crippen LogP contribution in [0.15, 0.2) is 23.6 Å². The molecule has 0 atom stereocenters. The molecule has 146 valence electrons. The number of aromatic nitrogens is 1. The first kappa shape index (κ1) is 19.8. The highest BCUT2D eigenvalue weighted by Gasteiger charge is 2.19. The predicted octanol–water partition coefficient (Wildman–Crippen LogP) is 3.47. The second kappa shape index (κ2) is 8.85. The van der Waals surface area contributed by atoms with Crippen LogP contribution >= 0.6 is 11.3 Å². The Hall–Kier alpha value is -1.92. The summed E-state index contributed by atoms with van der Waals surface area (Å²) >= 11 is 1.58. The number of carbonyl (C=O) groups excluding carboxylic acids is 1. The summed E-state index contributed by atoms with van der Waals surface area (Å²) in [7, 11) is 0. The van der Waals surface area contributed by atoms with E-state index in [0.717, 1.165) is 37.7 Å². The van der Waals surface area contributed by atoms with Crippen LogP contribution in [0.4, 0.5) is 5.69 Å². The third-order valence-corrected chi connectivity index (χ3v) is 5.88. The van der Waals surface area contributed by atoms with Gasteiger partial charge >= 0.3 is 0 Å². The SMILES string of the molecule is Cc1ccc(N2CCN(Cc3nc(C(=O)NCC(C)C)cs3)CC2)cc1C. The Morgan fingerprint density at radius 1 is 1.19 bits per heavy atom. The highest BCUT2D eigenvalue weighted by Crippen LogP contribution is 2.21. The lowest BCUT2D eigenvalue weighted by molar-refractivity contribution is 0.0944. The normalized spacial score (nSPS) is 15.4. The summed E-state index contributed by atoms with van der Waals surface area (Å²) in [6, 6.07) is 6.72. The van der Waals surface area contributed by atoms with Gasteiger partial charge in [0.05, 0.1) is 6.54 Å². The monoisotopic (exact) mass is 386 g/mol. The van der Waals surface area contributed by atoms with Crippen LogP contribution in [0, 0.1) is 19.8 Å². The fourth-order valence-electron chi connectivity index (χ4n) is 3.15. The van der Waals surface area contributed by atoms with Gasteiger partial charge in [-0.3, -0.25) is 9.69 Å². The van der Waals surface area contributed by atoms with E-state index < -0.39 is 0 Å². The highest BCUT2D eigenvalue weighted by molar-refractivity contribution is 7.09. The average molecular weight is 387 g/mol. The van der Waals surface area contributed by atoms with Crippen molar-refractivity contribution >= 4 is 22.9 Å². The summed E-state index contributed by atoms with van der Waals surface area (Å²) in [5.74, 6) is 0.381. The molecule has 0 radical (unpaired) electrons. The first-order valence-electron chi connectivity index (χ1n) is 9.69. The van der Waals surface area contributed by atoms with Crippen LogP contribution in [0.3, 0.4) is 0 Å². The number of hydrogen-bond donors (Lipinski definition) is 1. The molecule has 1 aromatic heterocycles. The van der Waals surface area contributed by atoms with Crippen molar-refractivity contribution in [3.8, 4) is 0 Å². The molecule has 0 aliphatic carbocycles. The van der Waals surface area contributed by atoms with Gasteiger partial charge in [0.25, 0.3) is 5.91 Å². The Labute approximate surface area is 166 Å². The molecule has 2 aromatic rings. The van der Waals surface area contributed by atoms with E-state index in [9.17, 15) is 4.79 Å². The predicted molar refractivity (Wildman–Crippen MR) is 113 cm³/mol. The molecule has 1 saturated heterocycles. The van der Waals surface area contributed by atoms with E-state index in [0.29, 0.717) is 18.2 Å². The molecule has 0 saturated carbocycles. The molecule has 0 unspecified atom stereocenters. The van der Waals surface area contributed by atoms with E-state index in [2.05, 4.69) is 66.0 Å². The quantitative estimate of drug-likeness (QED) is 0.826. The molecule has 1 amide bonds. The van der Waals surface area contributed by atoms with Crippen molar-refractivity contribution in [1.82, 2.24) is 15.2 Å². The van der Waals surface area contributed by atoms with Crippen molar-refractivity contribution in [1.29, 1.82) is 0 Å². The van der Waals surface area contributed by atoms with Gasteiger partial charge < -0.3 is 10.2 Å². The molecular weight excluding hydrogens is 356 g/mol. The minimum absolute atomic E-state index is 0.0641. The number of carbonyl (C=O) groups is 1. The van der Waals surface area contributed by atoms with E-state index in [1.807, 2.05) is 5.38 Å². The Morgan fingerprint density at radius 3 is 2.59 bits per heavy atom. The standard InChI is InChI=1S/C21H30N4OS/c1-15(2)12-22-21(26)19-14-27-20(23-19)13-24-7-9-25(10-8-24)18-6-5-16(3)17(4)11-18/h5-6,11,14-15H,7-10,12-13H2,1-4H3,(H,22,26). The number of aryl methyl sites for hydroxylation is 2. The van der Waals surface area contributed by atoms with Crippen molar-refractivity contribution < 1.29 is 4.79 Å². The molecule has 2 heterocycles. The number of rotatable bonds is 6. The van der Waals surface area contributed by atoms with Gasteiger partial charge in [-0.25, -0.2) is 4.98 Å². The summed E-state index contributed by atoms with van der Waals surface area (Å²) in [5, 5.41) is 5.82. The third-order valence-electron chi connectivity index (χ3n) is 5.04. The number of piperazine rings is 1. The number of nitrogens with one attached hydrogen (secondary N) is 1. The largest absolute Gasteiger partial charge is 0.369 e. The van der Waals surface area contributed by atoms with Crippen molar-refractivity contribution in [2.75, 3.05) is 37.6 Å². The van der Waals surface area contributed by atoms with Crippen molar-refractivity contribution in [2.45, 2.75) is 34.2 Å². The fourth-order valence-corrected chi connectivity index (χ4v) is 3.97. The number of amides is 1. The smallest absolute Gasteiger partial charge is 0.270 e. The van der Waals surface area contributed by atoms with E-state index in [4.69, 9.17) is 0 Å². The number of thiazole rings is 1. The molecule has 6 heteroatoms. The Morgan fingerprint density at radius 2 is 1.93 bits per heavy atom. The molecule has 3 rings (SSSR count). The summed E-state index contributed by atoms with van der Waals surface area (Å²) in [5.41, 5.74) is 4.55. The second-order valence-corrected chi connectivity index (χ2v) is 8.70. The number of nitrogens with zero attached hydrogens (tertiary/aromatic N) is 3. The maximum absolute atomic E-state index is 12.1. The second-order valence-electron chi connectivity index (χ2n) is 7.76. The van der Waals surface area contributed by atoms with Crippen LogP contribution in [0.1, 0.15) is 40.5 Å². The van der Waals surface area contributed by atoms with E-state index in [1.54, 1.807) is 11.3 Å². The average Bonchev–Trinajstić information content (AvgIpc) is 3.11. The minimum Gasteiger partial charge on any atom is -0.369 e. The summed E-state index contributed by atoms with van der Waals surface area (Å²) in [6.45, 7) is 14.1. The van der Waals surface area contributed by atoms with Gasteiger partial charge in [-0.1, -0.05) is 19.9 Å². The molecule has 1 aliphatic rings. The summed E-state index contributed by atoms with van der Waals surface area (Å²) < 4.78 is 0. The lowest BCUT2D eigenvalue weighted by Crippen LogP contribution is -2.46. The molecule has 0 bridgehead atoms. The van der Waals surface area contributed by atoms with E-state index >= 15 is 0 Å². The molecule has 1 fully saturated rings. The molecule has 1 aliphatic heterocycles. The zero-order valence-electron chi connectivity index (χ0n) is 16.8. The van der Waals surface area contributed by atoms with Crippen molar-refractivity contribution in [3.63, 3.8) is 0 Å². The first-order chi connectivity index (χ1) is 12.9. The molecule has 1 aromatic carbocycles. The Balaban J connectivity index is 1.50. The first-order valence-corrected chi connectivity index (χ1v) is 10.6. The lowest BCUT2D eigenvalue weighted by Gasteiger charge is -2.36. The highest BCUT2D eigenvalue weighted by atomic mass is 32.1. The molecular formula is C21H30N4OS. The molecule has 27 heavy (non-hydrogen) atoms. The Kier molecular flexibility index (Phi) is 6.50. The van der Waals surface area contributed by atoms with Gasteiger partial charge in [0.1, 0.15) is 10.7 Å². The van der Waals surface area contributed by atoms with Gasteiger partial charge in [0.2, 0.25) is 0 Å². The van der Waals surface area contributed by atoms with Gasteiger partial charge in [-0.15, -0.1) is 11.3 Å². The molecule has 1 N–H and O–H groups in total. The maximum atomic E-state index is 12.1. The zero-order chi connectivity index (χ0) is 19.4. The molecule has 5 nitrogen and oxygen atoms in total. The van der Waals surface area contributed by atoms with Gasteiger partial charge in [-0.2, -0.15) is 0 Å². The van der Waals surface area contributed by atoms with Crippen molar-refractivity contribution in [2.24, 2.45) is 5.92 Å². The van der Waals surface area contributed by atoms with E-state index in [1.165, 1.54) is 16.8 Å². The topological polar surface area (TPSA) is 48.5 Å². The maximum Gasteiger partial charge on any atom is 0.270 e. The summed E-state index contributed by atoms with van der Waals surface area (Å²) in [6.07, 6.45) is 0. The zero-order valence-corrected chi connectivity index (χ0v) is 17.6. The third kappa shape index (κ3) is 5.30. The number of anilines is 1. The van der Waals surface area contributed by atoms with Crippen molar-refractivity contribution in [3.05, 3.63) is 45.4 Å². The lowest BCUT2D eigenvalue weighted by atomic mass is 10.1. The van der Waals surface area contributed by atoms with Crippen LogP contribution in [0.2, 0.25) is 0 Å². The van der Waals surface area contributed by atoms with Crippen LogP contribution in [-0.2, 0) is 6.54 Å². The number of benzene rings is 1. The minimum atomic E-state index is -0.0641. The van der Waals surface area contributed by atoms with Crippen LogP contribution in [-0.4, -0.2) is 48.5 Å². The summed E-state index contributed by atoms with van der Waals surface area (Å²) in [4.78, 5) is 21.5. The molecule has 0 spiro atoms. The van der Waals surface area contributed by atoms with Gasteiger partial charge in [-0.05, 0) is 43.0 Å². The Bertz CT molecular complexity index is 778. The van der Waals surface area contributed by atoms with Crippen LogP contribution in [0.25, 0.3) is 0 Å². The van der Waals surface area contributed by atoms with Gasteiger partial charge in [0.15, 0.2) is 0 Å². The van der Waals surface area contributed by atoms with E-state index in [-0.39, 0.29) is 5.91 Å². The van der Waals surface area contributed by atoms with Crippen LogP contribution in [0.5, 0.6) is 0 Å².